The first-order valence-corrected chi connectivity index (χ1v) is 10.1. The molecule has 2 aromatic heterocycles. The van der Waals surface area contributed by atoms with Crippen LogP contribution in [0.1, 0.15) is 41.6 Å². The second-order valence-corrected chi connectivity index (χ2v) is 7.92. The average molecular weight is 411 g/mol. The number of benzene rings is 1. The molecule has 1 saturated carbocycles. The van der Waals surface area contributed by atoms with Crippen molar-refractivity contribution in [2.24, 2.45) is 5.73 Å². The smallest absolute Gasteiger partial charge is 0.253 e. The van der Waals surface area contributed by atoms with Gasteiger partial charge in [0, 0.05) is 29.2 Å². The van der Waals surface area contributed by atoms with Crippen LogP contribution in [0.3, 0.4) is 0 Å². The molecule has 0 radical (unpaired) electrons. The Morgan fingerprint density at radius 1 is 1.28 bits per heavy atom. The van der Waals surface area contributed by atoms with E-state index >= 15 is 0 Å². The number of pyridine rings is 1. The van der Waals surface area contributed by atoms with E-state index < -0.39 is 0 Å². The summed E-state index contributed by atoms with van der Waals surface area (Å²) in [7, 11) is 0. The summed E-state index contributed by atoms with van der Waals surface area (Å²) in [6.45, 7) is 0.571. The van der Waals surface area contributed by atoms with Gasteiger partial charge in [-0.25, -0.2) is 14.6 Å². The topological polar surface area (TPSA) is 98.7 Å². The van der Waals surface area contributed by atoms with Crippen molar-refractivity contribution in [2.45, 2.75) is 37.1 Å². The molecule has 1 fully saturated rings. The molecule has 0 unspecified atom stereocenters. The number of carbonyl (C=O) groups excluding carboxylic acids is 1. The summed E-state index contributed by atoms with van der Waals surface area (Å²) in [6, 6.07) is 11.6. The molecule has 2 heterocycles. The molecule has 8 heteroatoms. The van der Waals surface area contributed by atoms with Crippen LogP contribution < -0.4 is 11.1 Å². The van der Waals surface area contributed by atoms with Crippen LogP contribution in [0, 0.1) is 0 Å². The highest BCUT2D eigenvalue weighted by atomic mass is 35.5. The van der Waals surface area contributed by atoms with Crippen LogP contribution >= 0.6 is 11.6 Å². The molecule has 0 atom stereocenters. The molecule has 0 spiro atoms. The van der Waals surface area contributed by atoms with Gasteiger partial charge >= 0.3 is 0 Å². The molecule has 4 rings (SSSR count). The number of nitrogens with one attached hydrogen (secondary N) is 1. The molecule has 1 aromatic carbocycles. The van der Waals surface area contributed by atoms with Crippen LogP contribution in [0.15, 0.2) is 55.2 Å². The molecule has 3 aromatic rings. The number of nitrogens with zero attached hydrogens (tertiary/aromatic N) is 4. The van der Waals surface area contributed by atoms with Crippen molar-refractivity contribution in [1.82, 2.24) is 25.1 Å². The Bertz CT molecular complexity index is 965. The van der Waals surface area contributed by atoms with Gasteiger partial charge in [-0.15, -0.1) is 0 Å². The fraction of sp³-hybridized carbons (Fsp3) is 0.333. The Kier molecular flexibility index (Phi) is 5.60. The van der Waals surface area contributed by atoms with Crippen molar-refractivity contribution in [1.29, 1.82) is 0 Å². The fourth-order valence-corrected chi connectivity index (χ4v) is 4.19. The first-order valence-electron chi connectivity index (χ1n) is 9.68. The van der Waals surface area contributed by atoms with Crippen molar-refractivity contribution in [3.63, 3.8) is 0 Å². The van der Waals surface area contributed by atoms with Crippen molar-refractivity contribution < 1.29 is 4.79 Å². The molecule has 7 nitrogen and oxygen atoms in total. The quantitative estimate of drug-likeness (QED) is 0.673. The normalized spacial score (nSPS) is 21.7. The van der Waals surface area contributed by atoms with Gasteiger partial charge in [-0.1, -0.05) is 23.7 Å². The molecular formula is C21H23ClN6O. The van der Waals surface area contributed by atoms with E-state index in [2.05, 4.69) is 26.4 Å². The standard InChI is InChI=1S/C21H23ClN6O/c22-17-3-1-2-16(10-17)21(12-23)8-6-18(7-9-21)27-20(29)15-4-5-19(25-11-15)28-14-24-13-26-28/h1-5,10-11,13-14,18H,6-9,12,23H2,(H,27,29)/t18-,21-. The third-order valence-corrected chi connectivity index (χ3v) is 6.00. The molecule has 1 amide bonds. The lowest BCUT2D eigenvalue weighted by Gasteiger charge is -2.40. The van der Waals surface area contributed by atoms with E-state index in [1.807, 2.05) is 18.2 Å². The monoisotopic (exact) mass is 410 g/mol. The summed E-state index contributed by atoms with van der Waals surface area (Å²) < 4.78 is 1.55. The van der Waals surface area contributed by atoms with Gasteiger partial charge in [-0.2, -0.15) is 5.10 Å². The molecule has 0 saturated heterocycles. The third kappa shape index (κ3) is 4.16. The first-order chi connectivity index (χ1) is 14.1. The molecule has 1 aliphatic rings. The number of carbonyl (C=O) groups is 1. The molecular weight excluding hydrogens is 388 g/mol. The molecule has 0 aliphatic heterocycles. The van der Waals surface area contributed by atoms with Gasteiger partial charge in [0.25, 0.3) is 5.91 Å². The maximum atomic E-state index is 12.6. The lowest BCUT2D eigenvalue weighted by Crippen LogP contribution is -2.45. The lowest BCUT2D eigenvalue weighted by molar-refractivity contribution is 0.0917. The average Bonchev–Trinajstić information content (AvgIpc) is 3.29. The SMILES string of the molecule is NC[C@]1(c2cccc(Cl)c2)CC[C@H](NC(=O)c2ccc(-n3cncn3)nc2)CC1. The molecule has 150 valence electrons. The zero-order chi connectivity index (χ0) is 20.3. The molecule has 1 aliphatic carbocycles. The Hall–Kier alpha value is -2.77. The van der Waals surface area contributed by atoms with E-state index in [0.717, 1.165) is 30.7 Å². The van der Waals surface area contributed by atoms with Crippen molar-refractivity contribution in [2.75, 3.05) is 6.54 Å². The lowest BCUT2D eigenvalue weighted by atomic mass is 9.68. The highest BCUT2D eigenvalue weighted by Gasteiger charge is 2.36. The Morgan fingerprint density at radius 3 is 2.72 bits per heavy atom. The highest BCUT2D eigenvalue weighted by molar-refractivity contribution is 6.30. The van der Waals surface area contributed by atoms with E-state index in [0.29, 0.717) is 17.9 Å². The third-order valence-electron chi connectivity index (χ3n) is 5.77. The zero-order valence-electron chi connectivity index (χ0n) is 16.0. The van der Waals surface area contributed by atoms with Crippen LogP contribution in [-0.2, 0) is 5.41 Å². The van der Waals surface area contributed by atoms with Crippen LogP contribution in [0.25, 0.3) is 5.82 Å². The number of amides is 1. The van der Waals surface area contributed by atoms with E-state index in [9.17, 15) is 4.79 Å². The Morgan fingerprint density at radius 2 is 2.10 bits per heavy atom. The maximum Gasteiger partial charge on any atom is 0.253 e. The summed E-state index contributed by atoms with van der Waals surface area (Å²) in [5, 5.41) is 7.89. The predicted molar refractivity (Wildman–Crippen MR) is 111 cm³/mol. The van der Waals surface area contributed by atoms with Crippen LogP contribution in [0.4, 0.5) is 0 Å². The minimum absolute atomic E-state index is 0.0763. The van der Waals surface area contributed by atoms with Gasteiger partial charge in [0.1, 0.15) is 12.7 Å². The van der Waals surface area contributed by atoms with Crippen LogP contribution in [-0.4, -0.2) is 38.2 Å². The number of halogens is 1. The highest BCUT2D eigenvalue weighted by Crippen LogP contribution is 2.39. The molecule has 0 bridgehead atoms. The van der Waals surface area contributed by atoms with Gasteiger partial charge in [0.2, 0.25) is 0 Å². The fourth-order valence-electron chi connectivity index (χ4n) is 3.99. The van der Waals surface area contributed by atoms with E-state index in [-0.39, 0.29) is 17.4 Å². The summed E-state index contributed by atoms with van der Waals surface area (Å²) in [5.41, 5.74) is 7.80. The van der Waals surface area contributed by atoms with Gasteiger partial charge in [-0.05, 0) is 55.5 Å². The van der Waals surface area contributed by atoms with E-state index in [1.54, 1.807) is 29.3 Å². The van der Waals surface area contributed by atoms with Crippen LogP contribution in [0.5, 0.6) is 0 Å². The largest absolute Gasteiger partial charge is 0.349 e. The summed E-state index contributed by atoms with van der Waals surface area (Å²) in [5.74, 6) is 0.501. The van der Waals surface area contributed by atoms with Gasteiger partial charge in [-0.3, -0.25) is 4.79 Å². The number of hydrogen-bond acceptors (Lipinski definition) is 5. The Balaban J connectivity index is 1.38. The second kappa shape index (κ2) is 8.31. The number of nitrogens with two attached hydrogens (primary N) is 1. The first kappa shape index (κ1) is 19.5. The number of hydrogen-bond donors (Lipinski definition) is 2. The van der Waals surface area contributed by atoms with Crippen molar-refractivity contribution >= 4 is 17.5 Å². The number of rotatable bonds is 5. The van der Waals surface area contributed by atoms with Crippen LogP contribution in [0.2, 0.25) is 5.02 Å². The van der Waals surface area contributed by atoms with Crippen molar-refractivity contribution in [3.8, 4) is 5.82 Å². The maximum absolute atomic E-state index is 12.6. The van der Waals surface area contributed by atoms with E-state index in [4.69, 9.17) is 17.3 Å². The summed E-state index contributed by atoms with van der Waals surface area (Å²) in [4.78, 5) is 20.8. The Labute approximate surface area is 174 Å². The minimum atomic E-state index is -0.115. The predicted octanol–water partition coefficient (Wildman–Crippen LogP) is 2.88. The van der Waals surface area contributed by atoms with Gasteiger partial charge in [0.05, 0.1) is 5.56 Å². The molecule has 3 N–H and O–H groups in total. The molecule has 29 heavy (non-hydrogen) atoms. The summed E-state index contributed by atoms with van der Waals surface area (Å²) in [6.07, 6.45) is 8.14. The van der Waals surface area contributed by atoms with Gasteiger partial charge < -0.3 is 11.1 Å². The second-order valence-electron chi connectivity index (χ2n) is 7.49. The number of aromatic nitrogens is 4. The van der Waals surface area contributed by atoms with Gasteiger partial charge in [0.15, 0.2) is 5.82 Å². The van der Waals surface area contributed by atoms with Crippen molar-refractivity contribution in [3.05, 3.63) is 71.4 Å². The minimum Gasteiger partial charge on any atom is -0.349 e. The zero-order valence-corrected chi connectivity index (χ0v) is 16.7. The van der Waals surface area contributed by atoms with E-state index in [1.165, 1.54) is 11.9 Å². The summed E-state index contributed by atoms with van der Waals surface area (Å²) >= 11 is 6.18.